The number of benzene rings is 1. The van der Waals surface area contributed by atoms with E-state index in [9.17, 15) is 0 Å². The zero-order chi connectivity index (χ0) is 13.0. The molecule has 1 unspecified atom stereocenters. The van der Waals surface area contributed by atoms with E-state index in [1.54, 1.807) is 5.56 Å². The van der Waals surface area contributed by atoms with Crippen LogP contribution in [0.4, 0.5) is 0 Å². The molecule has 0 bridgehead atoms. The summed E-state index contributed by atoms with van der Waals surface area (Å²) in [6.45, 7) is 5.91. The van der Waals surface area contributed by atoms with Gasteiger partial charge in [0.2, 0.25) is 0 Å². The summed E-state index contributed by atoms with van der Waals surface area (Å²) in [6.07, 6.45) is 6.64. The zero-order valence-electron chi connectivity index (χ0n) is 12.1. The largest absolute Gasteiger partial charge is 0.319 e. The van der Waals surface area contributed by atoms with Crippen LogP contribution < -0.4 is 5.32 Å². The fraction of sp³-hybridized carbons (Fsp3) is 0.647. The Hall–Kier alpha value is -0.820. The zero-order valence-corrected chi connectivity index (χ0v) is 12.1. The molecule has 1 aliphatic rings. The summed E-state index contributed by atoms with van der Waals surface area (Å²) in [5.41, 5.74) is 3.57. The number of nitrogens with one attached hydrogen (secondary N) is 1. The second-order valence-electron chi connectivity index (χ2n) is 6.56. The van der Waals surface area contributed by atoms with Gasteiger partial charge in [-0.1, -0.05) is 44.5 Å². The van der Waals surface area contributed by atoms with Crippen LogP contribution in [0.1, 0.15) is 56.6 Å². The predicted molar refractivity (Wildman–Crippen MR) is 79.1 cm³/mol. The van der Waals surface area contributed by atoms with Crippen molar-refractivity contribution < 1.29 is 0 Å². The Labute approximate surface area is 112 Å². The first-order valence-corrected chi connectivity index (χ1v) is 7.34. The average Bonchev–Trinajstić information content (AvgIpc) is 2.35. The van der Waals surface area contributed by atoms with Crippen molar-refractivity contribution in [3.63, 3.8) is 0 Å². The van der Waals surface area contributed by atoms with Crippen molar-refractivity contribution in [2.24, 2.45) is 5.41 Å². The van der Waals surface area contributed by atoms with E-state index in [1.807, 2.05) is 7.05 Å². The van der Waals surface area contributed by atoms with Gasteiger partial charge < -0.3 is 5.32 Å². The van der Waals surface area contributed by atoms with Crippen molar-refractivity contribution in [1.82, 2.24) is 5.32 Å². The van der Waals surface area contributed by atoms with Gasteiger partial charge in [0.1, 0.15) is 0 Å². The maximum atomic E-state index is 3.23. The van der Waals surface area contributed by atoms with Crippen molar-refractivity contribution in [1.29, 1.82) is 0 Å². The molecular weight excluding hydrogens is 218 g/mol. The van der Waals surface area contributed by atoms with Crippen molar-refractivity contribution in [2.75, 3.05) is 13.6 Å². The molecule has 0 amide bonds. The molecule has 1 aliphatic carbocycles. The monoisotopic (exact) mass is 245 g/mol. The lowest BCUT2D eigenvalue weighted by Gasteiger charge is -2.35. The van der Waals surface area contributed by atoms with E-state index in [4.69, 9.17) is 0 Å². The third-order valence-electron chi connectivity index (χ3n) is 4.29. The van der Waals surface area contributed by atoms with Crippen molar-refractivity contribution in [2.45, 2.75) is 51.9 Å². The SMILES string of the molecule is CNCCc1cccc(C2CCCC(C)(C)C2)c1. The summed E-state index contributed by atoms with van der Waals surface area (Å²) in [6, 6.07) is 9.26. The Morgan fingerprint density at radius 2 is 2.17 bits per heavy atom. The van der Waals surface area contributed by atoms with Crippen molar-refractivity contribution in [3.05, 3.63) is 35.4 Å². The minimum absolute atomic E-state index is 0.532. The van der Waals surface area contributed by atoms with Crippen LogP contribution in [0.25, 0.3) is 0 Å². The molecule has 1 aromatic carbocycles. The molecule has 0 saturated heterocycles. The Morgan fingerprint density at radius 1 is 1.33 bits per heavy atom. The highest BCUT2D eigenvalue weighted by Crippen LogP contribution is 2.43. The minimum Gasteiger partial charge on any atom is -0.319 e. The van der Waals surface area contributed by atoms with Crippen LogP contribution in [0.3, 0.4) is 0 Å². The van der Waals surface area contributed by atoms with Crippen LogP contribution in [-0.2, 0) is 6.42 Å². The first-order chi connectivity index (χ1) is 8.61. The van der Waals surface area contributed by atoms with Gasteiger partial charge in [-0.3, -0.25) is 0 Å². The molecule has 1 N–H and O–H groups in total. The number of hydrogen-bond donors (Lipinski definition) is 1. The molecule has 0 aliphatic heterocycles. The molecule has 2 rings (SSSR count). The summed E-state index contributed by atoms with van der Waals surface area (Å²) in [7, 11) is 2.02. The van der Waals surface area contributed by atoms with Crippen LogP contribution in [0.15, 0.2) is 24.3 Å². The highest BCUT2D eigenvalue weighted by molar-refractivity contribution is 5.27. The van der Waals surface area contributed by atoms with Gasteiger partial charge in [0.15, 0.2) is 0 Å². The first kappa shape index (κ1) is 13.6. The summed E-state index contributed by atoms with van der Waals surface area (Å²) in [5.74, 6) is 0.781. The standard InChI is InChI=1S/C17H27N/c1-17(2)10-5-8-16(13-17)15-7-4-6-14(12-15)9-11-18-3/h4,6-7,12,16,18H,5,8-11,13H2,1-3H3. The van der Waals surface area contributed by atoms with E-state index in [0.717, 1.165) is 18.9 Å². The molecule has 100 valence electrons. The molecule has 1 saturated carbocycles. The molecule has 0 heterocycles. The minimum atomic E-state index is 0.532. The van der Waals surface area contributed by atoms with Gasteiger partial charge in [0, 0.05) is 0 Å². The third-order valence-corrected chi connectivity index (χ3v) is 4.29. The van der Waals surface area contributed by atoms with Gasteiger partial charge in [-0.05, 0) is 61.7 Å². The molecule has 0 spiro atoms. The summed E-state index contributed by atoms with van der Waals surface area (Å²) in [4.78, 5) is 0. The van der Waals surface area contributed by atoms with Crippen molar-refractivity contribution >= 4 is 0 Å². The molecular formula is C17H27N. The predicted octanol–water partition coefficient (Wildman–Crippen LogP) is 4.13. The Bertz CT molecular complexity index is 381. The fourth-order valence-corrected chi connectivity index (χ4v) is 3.25. The lowest BCUT2D eigenvalue weighted by Crippen LogP contribution is -2.21. The Kier molecular flexibility index (Phi) is 4.45. The fourth-order valence-electron chi connectivity index (χ4n) is 3.25. The van der Waals surface area contributed by atoms with Crippen LogP contribution >= 0.6 is 0 Å². The molecule has 1 heteroatoms. The summed E-state index contributed by atoms with van der Waals surface area (Å²) >= 11 is 0. The normalized spacial score (nSPS) is 22.9. The second-order valence-corrected chi connectivity index (χ2v) is 6.56. The highest BCUT2D eigenvalue weighted by atomic mass is 14.8. The first-order valence-electron chi connectivity index (χ1n) is 7.34. The van der Waals surface area contributed by atoms with Crippen LogP contribution in [-0.4, -0.2) is 13.6 Å². The van der Waals surface area contributed by atoms with Gasteiger partial charge in [0.05, 0.1) is 0 Å². The Balaban J connectivity index is 2.07. The van der Waals surface area contributed by atoms with Gasteiger partial charge in [-0.25, -0.2) is 0 Å². The van der Waals surface area contributed by atoms with E-state index in [1.165, 1.54) is 31.2 Å². The van der Waals surface area contributed by atoms with Crippen LogP contribution in [0, 0.1) is 5.41 Å². The average molecular weight is 245 g/mol. The van der Waals surface area contributed by atoms with E-state index in [0.29, 0.717) is 5.41 Å². The molecule has 1 aromatic rings. The molecule has 1 atom stereocenters. The number of hydrogen-bond acceptors (Lipinski definition) is 1. The lowest BCUT2D eigenvalue weighted by atomic mass is 9.70. The van der Waals surface area contributed by atoms with E-state index in [-0.39, 0.29) is 0 Å². The highest BCUT2D eigenvalue weighted by Gasteiger charge is 2.28. The molecule has 0 radical (unpaired) electrons. The summed E-state index contributed by atoms with van der Waals surface area (Å²) in [5, 5.41) is 3.23. The topological polar surface area (TPSA) is 12.0 Å². The van der Waals surface area contributed by atoms with Gasteiger partial charge in [0.25, 0.3) is 0 Å². The molecule has 0 aromatic heterocycles. The molecule has 18 heavy (non-hydrogen) atoms. The van der Waals surface area contributed by atoms with Gasteiger partial charge >= 0.3 is 0 Å². The lowest BCUT2D eigenvalue weighted by molar-refractivity contribution is 0.219. The quantitative estimate of drug-likeness (QED) is 0.841. The number of rotatable bonds is 4. The Morgan fingerprint density at radius 3 is 2.89 bits per heavy atom. The van der Waals surface area contributed by atoms with E-state index in [2.05, 4.69) is 43.4 Å². The maximum Gasteiger partial charge on any atom is -0.00114 e. The van der Waals surface area contributed by atoms with Gasteiger partial charge in [-0.2, -0.15) is 0 Å². The van der Waals surface area contributed by atoms with Crippen LogP contribution in [0.5, 0.6) is 0 Å². The smallest absolute Gasteiger partial charge is 0.00114 e. The maximum absolute atomic E-state index is 3.23. The second kappa shape index (κ2) is 5.88. The van der Waals surface area contributed by atoms with Crippen molar-refractivity contribution in [3.8, 4) is 0 Å². The van der Waals surface area contributed by atoms with E-state index < -0.39 is 0 Å². The molecule has 1 nitrogen and oxygen atoms in total. The summed E-state index contributed by atoms with van der Waals surface area (Å²) < 4.78 is 0. The van der Waals surface area contributed by atoms with E-state index >= 15 is 0 Å². The third kappa shape index (κ3) is 3.58. The van der Waals surface area contributed by atoms with Gasteiger partial charge in [-0.15, -0.1) is 0 Å². The molecule has 1 fully saturated rings. The van der Waals surface area contributed by atoms with Crippen LogP contribution in [0.2, 0.25) is 0 Å². The number of likely N-dealkylation sites (N-methyl/N-ethyl adjacent to an activating group) is 1.